The highest BCUT2D eigenvalue weighted by Crippen LogP contribution is 2.42. The Morgan fingerprint density at radius 1 is 1.21 bits per heavy atom. The summed E-state index contributed by atoms with van der Waals surface area (Å²) < 4.78 is 26.4. The molecule has 0 spiro atoms. The van der Waals surface area contributed by atoms with E-state index in [1.807, 2.05) is 49.6 Å². The summed E-state index contributed by atoms with van der Waals surface area (Å²) in [6, 6.07) is 7.71. The number of nitrogens with two attached hydrogens (primary N) is 1. The Morgan fingerprint density at radius 2 is 1.93 bits per heavy atom. The Balaban J connectivity index is 0.00000198. The number of hydrogen-bond donors (Lipinski definition) is 3. The van der Waals surface area contributed by atoms with Crippen LogP contribution in [0.3, 0.4) is 0 Å². The van der Waals surface area contributed by atoms with Crippen molar-refractivity contribution in [3.8, 4) is 5.75 Å². The zero-order chi connectivity index (χ0) is 30.4. The summed E-state index contributed by atoms with van der Waals surface area (Å²) in [6.07, 6.45) is 4.85. The fourth-order valence-electron chi connectivity index (χ4n) is 4.65. The number of aromatic nitrogens is 4. The molecule has 3 aromatic rings. The molecule has 12 nitrogen and oxygen atoms in total. The molecule has 230 valence electrons. The van der Waals surface area contributed by atoms with E-state index < -0.39 is 14.1 Å². The molecule has 2 aromatic heterocycles. The van der Waals surface area contributed by atoms with E-state index in [4.69, 9.17) is 24.3 Å². The average Bonchev–Trinajstić information content (AvgIpc) is 3.53. The van der Waals surface area contributed by atoms with Gasteiger partial charge in [-0.1, -0.05) is 38.5 Å². The monoisotopic (exact) mass is 601 g/mol. The Labute approximate surface area is 249 Å². The standard InChI is InChI=1S/C27H38N7O5P.C2H6/c1-16-9-11-19(12-10-16)39-40(33-27(3,4)25(35)38-18-7-6-8-18)36-14-20-13-17(2)24(37-20)34-15-30-21-22(29-5)31-26(28)32-23(21)34;1-2/h9-12,15,17-18,20,24,33H,6-8,13-14H2,1-5H3,(H3,28,29,31,32);1-2H3. The van der Waals surface area contributed by atoms with E-state index in [1.165, 1.54) is 0 Å². The second-order valence-corrected chi connectivity index (χ2v) is 12.2. The zero-order valence-corrected chi connectivity index (χ0v) is 26.5. The molecule has 5 rings (SSSR count). The number of carbonyl (C=O) groups excluding carboxylic acids is 1. The molecule has 3 heterocycles. The quantitative estimate of drug-likeness (QED) is 0.189. The maximum Gasteiger partial charge on any atom is 0.326 e. The number of imidazole rings is 1. The van der Waals surface area contributed by atoms with Gasteiger partial charge in [-0.3, -0.25) is 9.36 Å². The number of rotatable bonds is 11. The summed E-state index contributed by atoms with van der Waals surface area (Å²) in [7, 11) is 0.0629. The average molecular weight is 602 g/mol. The number of carbonyl (C=O) groups is 1. The van der Waals surface area contributed by atoms with Gasteiger partial charge < -0.3 is 29.6 Å². The summed E-state index contributed by atoms with van der Waals surface area (Å²) in [5.74, 6) is 1.21. The molecule has 4 atom stereocenters. The summed E-state index contributed by atoms with van der Waals surface area (Å²) in [5.41, 5.74) is 7.29. The van der Waals surface area contributed by atoms with Crippen molar-refractivity contribution in [2.45, 2.75) is 91.2 Å². The van der Waals surface area contributed by atoms with E-state index in [1.54, 1.807) is 27.2 Å². The smallest absolute Gasteiger partial charge is 0.326 e. The van der Waals surface area contributed by atoms with E-state index in [0.29, 0.717) is 22.7 Å². The van der Waals surface area contributed by atoms with Crippen molar-refractivity contribution in [1.82, 2.24) is 24.6 Å². The number of ether oxygens (including phenoxy) is 2. The number of fused-ring (bicyclic) bond motifs is 1. The predicted octanol–water partition coefficient (Wildman–Crippen LogP) is 5.49. The van der Waals surface area contributed by atoms with Gasteiger partial charge in [0.15, 0.2) is 17.0 Å². The van der Waals surface area contributed by atoms with Crippen LogP contribution in [0.25, 0.3) is 11.2 Å². The SMILES string of the molecule is CC.CNc1nc(N)nc2c1ncn2C1OC(COP(NC(C)(C)C(=O)OC2CCC2)Oc2ccc(C)cc2)CC1C. The lowest BCUT2D eigenvalue weighted by Gasteiger charge is -2.33. The van der Waals surface area contributed by atoms with Crippen LogP contribution < -0.4 is 20.7 Å². The normalized spacial score (nSPS) is 21.3. The molecular formula is C29H44N7O5P. The highest BCUT2D eigenvalue weighted by Gasteiger charge is 2.39. The van der Waals surface area contributed by atoms with Crippen LogP contribution in [0.1, 0.15) is 72.1 Å². The minimum absolute atomic E-state index is 0.00638. The molecule has 4 unspecified atom stereocenters. The van der Waals surface area contributed by atoms with Gasteiger partial charge in [-0.05, 0) is 58.6 Å². The van der Waals surface area contributed by atoms with Gasteiger partial charge in [0, 0.05) is 13.0 Å². The Hall–Kier alpha value is -3.05. The molecule has 1 aromatic carbocycles. The predicted molar refractivity (Wildman–Crippen MR) is 164 cm³/mol. The first-order valence-electron chi connectivity index (χ1n) is 14.6. The Morgan fingerprint density at radius 3 is 2.57 bits per heavy atom. The molecule has 1 aliphatic heterocycles. The van der Waals surface area contributed by atoms with E-state index >= 15 is 0 Å². The molecule has 2 fully saturated rings. The number of nitrogen functional groups attached to an aromatic ring is 1. The van der Waals surface area contributed by atoms with Crippen molar-refractivity contribution in [3.05, 3.63) is 36.2 Å². The van der Waals surface area contributed by atoms with Gasteiger partial charge >= 0.3 is 14.5 Å². The van der Waals surface area contributed by atoms with Crippen LogP contribution >= 0.6 is 8.53 Å². The third-order valence-electron chi connectivity index (χ3n) is 7.20. The molecule has 1 saturated heterocycles. The molecule has 1 saturated carbocycles. The molecular weight excluding hydrogens is 557 g/mol. The van der Waals surface area contributed by atoms with Crippen LogP contribution in [-0.4, -0.2) is 56.9 Å². The lowest BCUT2D eigenvalue weighted by Crippen LogP contribution is -2.48. The van der Waals surface area contributed by atoms with E-state index in [-0.39, 0.29) is 42.9 Å². The second kappa shape index (κ2) is 13.9. The first-order valence-corrected chi connectivity index (χ1v) is 15.8. The lowest BCUT2D eigenvalue weighted by molar-refractivity contribution is -0.159. The third kappa shape index (κ3) is 7.47. The fraction of sp³-hybridized carbons (Fsp3) is 0.586. The number of hydrogen-bond acceptors (Lipinski definition) is 11. The summed E-state index contributed by atoms with van der Waals surface area (Å²) in [4.78, 5) is 26.0. The summed E-state index contributed by atoms with van der Waals surface area (Å²) in [5, 5.41) is 6.28. The highest BCUT2D eigenvalue weighted by atomic mass is 31.2. The lowest BCUT2D eigenvalue weighted by atomic mass is 9.96. The third-order valence-corrected chi connectivity index (χ3v) is 8.70. The van der Waals surface area contributed by atoms with Crippen molar-refractivity contribution in [1.29, 1.82) is 0 Å². The molecule has 0 radical (unpaired) electrons. The van der Waals surface area contributed by atoms with Gasteiger partial charge in [-0.2, -0.15) is 9.97 Å². The number of esters is 1. The molecule has 4 N–H and O–H groups in total. The Bertz CT molecular complexity index is 1330. The van der Waals surface area contributed by atoms with Crippen LogP contribution in [-0.2, 0) is 18.8 Å². The molecule has 0 amide bonds. The molecule has 42 heavy (non-hydrogen) atoms. The largest absolute Gasteiger partial charge is 0.461 e. The number of nitrogens with one attached hydrogen (secondary N) is 2. The zero-order valence-electron chi connectivity index (χ0n) is 25.6. The van der Waals surface area contributed by atoms with E-state index in [2.05, 4.69) is 32.3 Å². The summed E-state index contributed by atoms with van der Waals surface area (Å²) in [6.45, 7) is 12.0. The Kier molecular flexibility index (Phi) is 10.6. The van der Waals surface area contributed by atoms with Crippen molar-refractivity contribution >= 4 is 37.4 Å². The van der Waals surface area contributed by atoms with Crippen LogP contribution in [0.15, 0.2) is 30.6 Å². The van der Waals surface area contributed by atoms with Crippen LogP contribution in [0.2, 0.25) is 0 Å². The van der Waals surface area contributed by atoms with Crippen LogP contribution in [0.4, 0.5) is 11.8 Å². The van der Waals surface area contributed by atoms with Crippen LogP contribution in [0, 0.1) is 12.8 Å². The number of anilines is 2. The first kappa shape index (κ1) is 31.9. The minimum atomic E-state index is -1.70. The van der Waals surface area contributed by atoms with Gasteiger partial charge in [0.25, 0.3) is 0 Å². The van der Waals surface area contributed by atoms with Gasteiger partial charge in [0.1, 0.15) is 23.6 Å². The maximum absolute atomic E-state index is 12.9. The van der Waals surface area contributed by atoms with E-state index in [0.717, 1.165) is 31.2 Å². The molecule has 1 aliphatic carbocycles. The minimum Gasteiger partial charge on any atom is -0.461 e. The van der Waals surface area contributed by atoms with Crippen LogP contribution in [0.5, 0.6) is 5.75 Å². The number of aryl methyl sites for hydroxylation is 1. The highest BCUT2D eigenvalue weighted by molar-refractivity contribution is 7.45. The van der Waals surface area contributed by atoms with E-state index in [9.17, 15) is 4.79 Å². The van der Waals surface area contributed by atoms with Gasteiger partial charge in [0.2, 0.25) is 5.95 Å². The van der Waals surface area contributed by atoms with Gasteiger partial charge in [0.05, 0.1) is 19.0 Å². The van der Waals surface area contributed by atoms with Gasteiger partial charge in [-0.15, -0.1) is 0 Å². The topological polar surface area (TPSA) is 148 Å². The molecule has 0 bridgehead atoms. The van der Waals surface area contributed by atoms with Crippen molar-refractivity contribution < 1.29 is 23.3 Å². The maximum atomic E-state index is 12.9. The van der Waals surface area contributed by atoms with Crippen molar-refractivity contribution in [3.63, 3.8) is 0 Å². The van der Waals surface area contributed by atoms with Gasteiger partial charge in [-0.25, -0.2) is 10.1 Å². The first-order chi connectivity index (χ1) is 20.1. The molecule has 13 heteroatoms. The molecule has 2 aliphatic rings. The summed E-state index contributed by atoms with van der Waals surface area (Å²) >= 11 is 0. The fourth-order valence-corrected chi connectivity index (χ4v) is 5.97. The second-order valence-electron chi connectivity index (χ2n) is 11.0. The van der Waals surface area contributed by atoms with Crippen molar-refractivity contribution in [2.24, 2.45) is 5.92 Å². The number of nitrogens with zero attached hydrogens (tertiary/aromatic N) is 4. The van der Waals surface area contributed by atoms with Crippen molar-refractivity contribution in [2.75, 3.05) is 24.7 Å². The number of benzene rings is 1.